The Kier molecular flexibility index (Phi) is 5.49. The summed E-state index contributed by atoms with van der Waals surface area (Å²) in [7, 11) is 0. The predicted octanol–water partition coefficient (Wildman–Crippen LogP) is 3.88. The molecule has 8 heteroatoms. The summed E-state index contributed by atoms with van der Waals surface area (Å²) in [5.41, 5.74) is 1.76. The molecule has 0 radical (unpaired) electrons. The molecule has 4 rings (SSSR count). The van der Waals surface area contributed by atoms with E-state index in [4.69, 9.17) is 10.2 Å². The zero-order valence-electron chi connectivity index (χ0n) is 14.5. The van der Waals surface area contributed by atoms with Crippen molar-refractivity contribution in [2.24, 2.45) is 0 Å². The number of aromatic carboxylic acids is 1. The number of rotatable bonds is 2. The number of carboxylic acids is 2. The molecule has 0 fully saturated rings. The number of pyridine rings is 1. The zero-order valence-corrected chi connectivity index (χ0v) is 14.5. The summed E-state index contributed by atoms with van der Waals surface area (Å²) < 4.78 is 25.6. The molecule has 0 saturated carbocycles. The van der Waals surface area contributed by atoms with Gasteiger partial charge in [0, 0.05) is 29.9 Å². The monoisotopic (exact) mass is 386 g/mol. The fourth-order valence-corrected chi connectivity index (χ4v) is 3.06. The van der Waals surface area contributed by atoms with Gasteiger partial charge in [0.1, 0.15) is 11.6 Å². The summed E-state index contributed by atoms with van der Waals surface area (Å²) >= 11 is 0. The van der Waals surface area contributed by atoms with E-state index in [2.05, 4.69) is 10.3 Å². The summed E-state index contributed by atoms with van der Waals surface area (Å²) in [6, 6.07) is 9.41. The lowest BCUT2D eigenvalue weighted by Crippen LogP contribution is -2.22. The molecule has 6 nitrogen and oxygen atoms in total. The second-order valence-electron chi connectivity index (χ2n) is 6.16. The maximum absolute atomic E-state index is 12.8. The first-order valence-corrected chi connectivity index (χ1v) is 8.40. The van der Waals surface area contributed by atoms with Gasteiger partial charge in [-0.3, -0.25) is 9.78 Å². The van der Waals surface area contributed by atoms with Gasteiger partial charge < -0.3 is 15.5 Å². The van der Waals surface area contributed by atoms with Gasteiger partial charge in [0.2, 0.25) is 0 Å². The highest BCUT2D eigenvalue weighted by Crippen LogP contribution is 2.32. The van der Waals surface area contributed by atoms with Crippen molar-refractivity contribution < 1.29 is 28.6 Å². The molecule has 0 bridgehead atoms. The minimum atomic E-state index is -1.04. The smallest absolute Gasteiger partial charge is 0.336 e. The van der Waals surface area contributed by atoms with Crippen molar-refractivity contribution in [3.63, 3.8) is 0 Å². The molecule has 1 atom stereocenters. The fourth-order valence-electron chi connectivity index (χ4n) is 3.06. The van der Waals surface area contributed by atoms with Gasteiger partial charge in [-0.2, -0.15) is 0 Å². The first kappa shape index (κ1) is 19.2. The predicted molar refractivity (Wildman–Crippen MR) is 98.5 cm³/mol. The van der Waals surface area contributed by atoms with Crippen LogP contribution in [0, 0.1) is 11.6 Å². The highest BCUT2D eigenvalue weighted by molar-refractivity contribution is 6.02. The molecule has 3 aromatic rings. The van der Waals surface area contributed by atoms with Gasteiger partial charge in [-0.05, 0) is 42.3 Å². The topological polar surface area (TPSA) is 99.5 Å². The average Bonchev–Trinajstić information content (AvgIpc) is 2.66. The minimum Gasteiger partial charge on any atom is -0.481 e. The summed E-state index contributed by atoms with van der Waals surface area (Å²) in [5, 5.41) is 21.2. The Morgan fingerprint density at radius 1 is 1.04 bits per heavy atom. The van der Waals surface area contributed by atoms with E-state index in [0.717, 1.165) is 0 Å². The molecule has 28 heavy (non-hydrogen) atoms. The maximum Gasteiger partial charge on any atom is 0.336 e. The number of carboxylic acid groups (broad SMARTS) is 2. The van der Waals surface area contributed by atoms with E-state index in [9.17, 15) is 18.4 Å². The highest BCUT2D eigenvalue weighted by atomic mass is 19.1. The molecule has 1 aliphatic heterocycles. The standard InChI is InChI=1S/C10H10FNO2.C10H6FNO2/c2*11-6-1-2-7-8(10(13)14)3-4-12-9(7)5-6/h1-2,5,8,12H,3-4H2,(H,13,14);1-5H,(H,13,14). The number of aliphatic carboxylic acids is 1. The molecule has 2 heterocycles. The first-order chi connectivity index (χ1) is 13.4. The largest absolute Gasteiger partial charge is 0.481 e. The Balaban J connectivity index is 0.000000161. The van der Waals surface area contributed by atoms with Crippen molar-refractivity contribution >= 4 is 28.5 Å². The van der Waals surface area contributed by atoms with E-state index in [0.29, 0.717) is 35.1 Å². The van der Waals surface area contributed by atoms with Crippen LogP contribution in [0.25, 0.3) is 10.9 Å². The van der Waals surface area contributed by atoms with Crippen molar-refractivity contribution in [1.82, 2.24) is 4.98 Å². The van der Waals surface area contributed by atoms with Crippen LogP contribution in [0.3, 0.4) is 0 Å². The van der Waals surface area contributed by atoms with Crippen LogP contribution >= 0.6 is 0 Å². The third kappa shape index (κ3) is 4.06. The van der Waals surface area contributed by atoms with E-state index in [1.54, 1.807) is 0 Å². The number of hydrogen-bond acceptors (Lipinski definition) is 4. The van der Waals surface area contributed by atoms with Gasteiger partial charge >= 0.3 is 11.9 Å². The number of carbonyl (C=O) groups is 2. The summed E-state index contributed by atoms with van der Waals surface area (Å²) in [5.74, 6) is -3.16. The quantitative estimate of drug-likeness (QED) is 0.618. The Labute approximate surface area is 158 Å². The van der Waals surface area contributed by atoms with Crippen molar-refractivity contribution in [3.05, 3.63) is 71.4 Å². The molecule has 0 aliphatic carbocycles. The molecule has 1 aromatic heterocycles. The van der Waals surface area contributed by atoms with Gasteiger partial charge in [0.05, 0.1) is 17.0 Å². The van der Waals surface area contributed by atoms with E-state index in [1.165, 1.54) is 48.7 Å². The molecule has 1 aliphatic rings. The Hall–Kier alpha value is -3.55. The number of hydrogen-bond donors (Lipinski definition) is 3. The number of halogens is 2. The molecular weight excluding hydrogens is 370 g/mol. The summed E-state index contributed by atoms with van der Waals surface area (Å²) in [4.78, 5) is 25.5. The number of nitrogens with one attached hydrogen (secondary N) is 1. The van der Waals surface area contributed by atoms with Crippen LogP contribution < -0.4 is 5.32 Å². The van der Waals surface area contributed by atoms with Gasteiger partial charge in [0.15, 0.2) is 0 Å². The lowest BCUT2D eigenvalue weighted by Gasteiger charge is -2.23. The number of benzene rings is 2. The van der Waals surface area contributed by atoms with Gasteiger partial charge in [0.25, 0.3) is 0 Å². The van der Waals surface area contributed by atoms with Crippen molar-refractivity contribution in [1.29, 1.82) is 0 Å². The molecule has 1 unspecified atom stereocenters. The fraction of sp³-hybridized carbons (Fsp3) is 0.150. The molecule has 3 N–H and O–H groups in total. The Morgan fingerprint density at radius 2 is 1.75 bits per heavy atom. The van der Waals surface area contributed by atoms with E-state index in [-0.39, 0.29) is 11.4 Å². The number of aromatic nitrogens is 1. The van der Waals surface area contributed by atoms with Crippen LogP contribution in [0.1, 0.15) is 28.3 Å². The number of anilines is 1. The molecule has 0 spiro atoms. The Morgan fingerprint density at radius 3 is 2.46 bits per heavy atom. The first-order valence-electron chi connectivity index (χ1n) is 8.40. The molecule has 0 saturated heterocycles. The lowest BCUT2D eigenvalue weighted by atomic mass is 9.91. The van der Waals surface area contributed by atoms with Crippen LogP contribution in [0.4, 0.5) is 14.5 Å². The third-order valence-electron chi connectivity index (χ3n) is 4.37. The highest BCUT2D eigenvalue weighted by Gasteiger charge is 2.25. The minimum absolute atomic E-state index is 0.134. The van der Waals surface area contributed by atoms with Crippen molar-refractivity contribution in [3.8, 4) is 0 Å². The Bertz CT molecular complexity index is 1060. The van der Waals surface area contributed by atoms with Crippen molar-refractivity contribution in [2.45, 2.75) is 12.3 Å². The van der Waals surface area contributed by atoms with Crippen LogP contribution in [0.2, 0.25) is 0 Å². The average molecular weight is 386 g/mol. The normalized spacial score (nSPS) is 15.0. The van der Waals surface area contributed by atoms with Crippen molar-refractivity contribution in [2.75, 3.05) is 11.9 Å². The molecule has 144 valence electrons. The third-order valence-corrected chi connectivity index (χ3v) is 4.37. The molecular formula is C20H16F2N2O4. The lowest BCUT2D eigenvalue weighted by molar-refractivity contribution is -0.138. The maximum atomic E-state index is 12.8. The van der Waals surface area contributed by atoms with Gasteiger partial charge in [-0.15, -0.1) is 0 Å². The van der Waals surface area contributed by atoms with E-state index in [1.807, 2.05) is 0 Å². The van der Waals surface area contributed by atoms with Crippen LogP contribution in [-0.2, 0) is 4.79 Å². The number of nitrogens with zero attached hydrogens (tertiary/aromatic N) is 1. The zero-order chi connectivity index (χ0) is 20.3. The summed E-state index contributed by atoms with van der Waals surface area (Å²) in [6.45, 7) is 0.577. The van der Waals surface area contributed by atoms with Gasteiger partial charge in [-0.25, -0.2) is 13.6 Å². The van der Waals surface area contributed by atoms with E-state index >= 15 is 0 Å². The molecule has 0 amide bonds. The van der Waals surface area contributed by atoms with Crippen LogP contribution in [0.5, 0.6) is 0 Å². The number of fused-ring (bicyclic) bond motifs is 2. The second-order valence-corrected chi connectivity index (χ2v) is 6.16. The van der Waals surface area contributed by atoms with E-state index < -0.39 is 23.7 Å². The summed E-state index contributed by atoms with van der Waals surface area (Å²) in [6.07, 6.45) is 1.90. The van der Waals surface area contributed by atoms with Crippen LogP contribution in [0.15, 0.2) is 48.7 Å². The molecule has 2 aromatic carbocycles. The van der Waals surface area contributed by atoms with Gasteiger partial charge in [-0.1, -0.05) is 6.07 Å². The second kappa shape index (κ2) is 7.99. The SMILES string of the molecule is O=C(O)C1CCNc2cc(F)ccc21.O=C(O)c1ccnc2cc(F)ccc12. The van der Waals surface area contributed by atoms with Crippen LogP contribution in [-0.4, -0.2) is 33.7 Å².